The van der Waals surface area contributed by atoms with Crippen LogP contribution in [0.1, 0.15) is 57.3 Å². The molecule has 0 unspecified atom stereocenters. The van der Waals surface area contributed by atoms with Gasteiger partial charge in [0.25, 0.3) is 0 Å². The quantitative estimate of drug-likeness (QED) is 0.792. The molecular weight excluding hydrogens is 258 g/mol. The van der Waals surface area contributed by atoms with E-state index in [1.807, 2.05) is 7.05 Å². The van der Waals surface area contributed by atoms with Crippen molar-refractivity contribution in [3.05, 3.63) is 29.6 Å². The third-order valence-corrected chi connectivity index (χ3v) is 4.42. The molecule has 0 radical (unpaired) electrons. The molecule has 1 aromatic rings. The molecule has 118 valence electrons. The maximum Gasteiger partial charge on any atom is 0.0547 e. The van der Waals surface area contributed by atoms with Gasteiger partial charge in [-0.1, -0.05) is 32.8 Å². The highest BCUT2D eigenvalue weighted by Gasteiger charge is 2.22. The second-order valence-electron chi connectivity index (χ2n) is 6.74. The Balaban J connectivity index is 2.00. The third kappa shape index (κ3) is 5.40. The van der Waals surface area contributed by atoms with Crippen LogP contribution in [0.5, 0.6) is 0 Å². The van der Waals surface area contributed by atoms with Crippen molar-refractivity contribution in [3.8, 4) is 0 Å². The monoisotopic (exact) mass is 289 g/mol. The normalized spacial score (nSPS) is 16.2. The predicted octanol–water partition coefficient (Wildman–Crippen LogP) is 3.59. The minimum Gasteiger partial charge on any atom is -0.314 e. The van der Waals surface area contributed by atoms with Gasteiger partial charge in [-0.25, -0.2) is 0 Å². The van der Waals surface area contributed by atoms with Gasteiger partial charge in [0.2, 0.25) is 0 Å². The van der Waals surface area contributed by atoms with Gasteiger partial charge in [0, 0.05) is 19.1 Å². The molecule has 0 saturated heterocycles. The maximum atomic E-state index is 4.80. The van der Waals surface area contributed by atoms with Crippen LogP contribution in [0.2, 0.25) is 0 Å². The summed E-state index contributed by atoms with van der Waals surface area (Å²) in [7, 11) is 1.97. The highest BCUT2D eigenvalue weighted by Crippen LogP contribution is 2.25. The van der Waals surface area contributed by atoms with E-state index in [0.29, 0.717) is 0 Å². The van der Waals surface area contributed by atoms with Crippen LogP contribution in [-0.2, 0) is 13.1 Å². The maximum absolute atomic E-state index is 4.80. The van der Waals surface area contributed by atoms with Gasteiger partial charge in [-0.15, -0.1) is 0 Å². The van der Waals surface area contributed by atoms with Gasteiger partial charge in [-0.05, 0) is 50.9 Å². The van der Waals surface area contributed by atoms with E-state index in [9.17, 15) is 0 Å². The lowest BCUT2D eigenvalue weighted by molar-refractivity contribution is 0.177. The summed E-state index contributed by atoms with van der Waals surface area (Å²) in [4.78, 5) is 7.48. The van der Waals surface area contributed by atoms with Crippen molar-refractivity contribution in [3.63, 3.8) is 0 Å². The Hall–Kier alpha value is -0.930. The molecule has 1 N–H and O–H groups in total. The summed E-state index contributed by atoms with van der Waals surface area (Å²) in [6.45, 7) is 7.70. The summed E-state index contributed by atoms with van der Waals surface area (Å²) >= 11 is 0. The SMILES string of the molecule is CNCc1cccc(CN(CCC(C)C)C2CCCC2)n1. The van der Waals surface area contributed by atoms with Crippen LogP contribution >= 0.6 is 0 Å². The summed E-state index contributed by atoms with van der Waals surface area (Å²) < 4.78 is 0. The Morgan fingerprint density at radius 3 is 2.62 bits per heavy atom. The lowest BCUT2D eigenvalue weighted by Gasteiger charge is -2.29. The zero-order valence-corrected chi connectivity index (χ0v) is 13.9. The molecule has 1 aliphatic rings. The molecule has 1 aromatic heterocycles. The van der Waals surface area contributed by atoms with Crippen molar-refractivity contribution in [2.75, 3.05) is 13.6 Å². The van der Waals surface area contributed by atoms with E-state index in [4.69, 9.17) is 4.98 Å². The standard InChI is InChI=1S/C18H31N3/c1-15(2)11-12-21(18-9-4-5-10-18)14-17-8-6-7-16(20-17)13-19-3/h6-8,15,18-19H,4-5,9-14H2,1-3H3. The first kappa shape index (κ1) is 16.4. The van der Waals surface area contributed by atoms with Crippen LogP contribution in [0, 0.1) is 5.92 Å². The number of hydrogen-bond donors (Lipinski definition) is 1. The number of nitrogens with zero attached hydrogens (tertiary/aromatic N) is 2. The molecule has 0 amide bonds. The fourth-order valence-corrected chi connectivity index (χ4v) is 3.19. The van der Waals surface area contributed by atoms with Crippen molar-refractivity contribution < 1.29 is 0 Å². The van der Waals surface area contributed by atoms with Gasteiger partial charge < -0.3 is 5.32 Å². The van der Waals surface area contributed by atoms with Crippen LogP contribution in [0.3, 0.4) is 0 Å². The predicted molar refractivity (Wildman–Crippen MR) is 89.1 cm³/mol. The Morgan fingerprint density at radius 1 is 1.24 bits per heavy atom. The van der Waals surface area contributed by atoms with Crippen molar-refractivity contribution in [1.29, 1.82) is 0 Å². The van der Waals surface area contributed by atoms with Crippen molar-refractivity contribution in [2.45, 2.75) is 65.1 Å². The van der Waals surface area contributed by atoms with Crippen LogP contribution in [0.4, 0.5) is 0 Å². The second-order valence-corrected chi connectivity index (χ2v) is 6.74. The highest BCUT2D eigenvalue weighted by atomic mass is 15.2. The Bertz CT molecular complexity index is 411. The van der Waals surface area contributed by atoms with Gasteiger partial charge in [0.1, 0.15) is 0 Å². The first-order chi connectivity index (χ1) is 10.2. The largest absolute Gasteiger partial charge is 0.314 e. The Kier molecular flexibility index (Phi) is 6.65. The average molecular weight is 289 g/mol. The number of pyridine rings is 1. The van der Waals surface area contributed by atoms with Gasteiger partial charge in [-0.3, -0.25) is 9.88 Å². The number of aromatic nitrogens is 1. The molecule has 21 heavy (non-hydrogen) atoms. The topological polar surface area (TPSA) is 28.2 Å². The fraction of sp³-hybridized carbons (Fsp3) is 0.722. The fourth-order valence-electron chi connectivity index (χ4n) is 3.19. The van der Waals surface area contributed by atoms with Crippen molar-refractivity contribution in [1.82, 2.24) is 15.2 Å². The minimum absolute atomic E-state index is 0.775. The second kappa shape index (κ2) is 8.50. The van der Waals surface area contributed by atoms with Crippen molar-refractivity contribution >= 4 is 0 Å². The molecule has 3 nitrogen and oxygen atoms in total. The molecule has 2 rings (SSSR count). The summed E-state index contributed by atoms with van der Waals surface area (Å²) in [5, 5.41) is 3.18. The first-order valence-electron chi connectivity index (χ1n) is 8.52. The van der Waals surface area contributed by atoms with Gasteiger partial charge in [0.05, 0.1) is 11.4 Å². The summed E-state index contributed by atoms with van der Waals surface area (Å²) in [6, 6.07) is 7.20. The summed E-state index contributed by atoms with van der Waals surface area (Å²) in [5.41, 5.74) is 2.36. The molecular formula is C18H31N3. The van der Waals surface area contributed by atoms with Crippen LogP contribution < -0.4 is 5.32 Å². The summed E-state index contributed by atoms with van der Waals surface area (Å²) in [5.74, 6) is 0.775. The molecule has 0 bridgehead atoms. The lowest BCUT2D eigenvalue weighted by Crippen LogP contribution is -2.34. The molecule has 0 aliphatic heterocycles. The van der Waals surface area contributed by atoms with Gasteiger partial charge in [-0.2, -0.15) is 0 Å². The van der Waals surface area contributed by atoms with E-state index >= 15 is 0 Å². The van der Waals surface area contributed by atoms with Crippen LogP contribution in [0.15, 0.2) is 18.2 Å². The van der Waals surface area contributed by atoms with E-state index < -0.39 is 0 Å². The summed E-state index contributed by atoms with van der Waals surface area (Å²) in [6.07, 6.45) is 6.82. The average Bonchev–Trinajstić information content (AvgIpc) is 2.98. The van der Waals surface area contributed by atoms with Crippen LogP contribution in [0.25, 0.3) is 0 Å². The smallest absolute Gasteiger partial charge is 0.0547 e. The van der Waals surface area contributed by atoms with E-state index in [2.05, 4.69) is 42.3 Å². The Labute approximate surface area is 130 Å². The van der Waals surface area contributed by atoms with E-state index in [0.717, 1.165) is 30.7 Å². The van der Waals surface area contributed by atoms with Crippen molar-refractivity contribution in [2.24, 2.45) is 5.92 Å². The first-order valence-corrected chi connectivity index (χ1v) is 8.52. The molecule has 0 atom stereocenters. The van der Waals surface area contributed by atoms with E-state index in [1.165, 1.54) is 44.3 Å². The number of rotatable bonds is 8. The Morgan fingerprint density at radius 2 is 1.95 bits per heavy atom. The molecule has 1 fully saturated rings. The van der Waals surface area contributed by atoms with E-state index in [-0.39, 0.29) is 0 Å². The zero-order chi connectivity index (χ0) is 15.1. The number of nitrogens with one attached hydrogen (secondary N) is 1. The molecule has 1 aliphatic carbocycles. The zero-order valence-electron chi connectivity index (χ0n) is 13.9. The van der Waals surface area contributed by atoms with Gasteiger partial charge in [0.15, 0.2) is 0 Å². The molecule has 1 heterocycles. The van der Waals surface area contributed by atoms with Crippen LogP contribution in [-0.4, -0.2) is 29.5 Å². The van der Waals surface area contributed by atoms with E-state index in [1.54, 1.807) is 0 Å². The third-order valence-electron chi connectivity index (χ3n) is 4.42. The molecule has 1 saturated carbocycles. The van der Waals surface area contributed by atoms with Gasteiger partial charge >= 0.3 is 0 Å². The molecule has 0 aromatic carbocycles. The highest BCUT2D eigenvalue weighted by molar-refractivity contribution is 5.11. The minimum atomic E-state index is 0.775. The number of hydrogen-bond acceptors (Lipinski definition) is 3. The molecule has 0 spiro atoms. The molecule has 3 heteroatoms. The lowest BCUT2D eigenvalue weighted by atomic mass is 10.1.